The Morgan fingerprint density at radius 1 is 1.50 bits per heavy atom. The Morgan fingerprint density at radius 3 is 2.62 bits per heavy atom. The van der Waals surface area contributed by atoms with Crippen LogP contribution in [0.4, 0.5) is 0 Å². The van der Waals surface area contributed by atoms with E-state index in [2.05, 4.69) is 17.1 Å². The van der Waals surface area contributed by atoms with Crippen molar-refractivity contribution in [1.29, 1.82) is 0 Å². The molecule has 0 radical (unpaired) electrons. The first kappa shape index (κ1) is 13.5. The molecule has 4 nitrogen and oxygen atoms in total. The van der Waals surface area contributed by atoms with Crippen molar-refractivity contribution in [1.82, 2.24) is 10.2 Å². The Kier molecular flexibility index (Phi) is 5.77. The largest absolute Gasteiger partial charge is 0.353 e. The number of nitrogens with one attached hydrogen (secondary N) is 1. The molecule has 0 spiro atoms. The highest BCUT2D eigenvalue weighted by atomic mass is 16.1. The summed E-state index contributed by atoms with van der Waals surface area (Å²) in [4.78, 5) is 14.2. The zero-order valence-corrected chi connectivity index (χ0v) is 10.5. The van der Waals surface area contributed by atoms with Gasteiger partial charge in [0.25, 0.3) is 0 Å². The first-order valence-corrected chi connectivity index (χ1v) is 6.40. The molecule has 0 aromatic carbocycles. The van der Waals surface area contributed by atoms with E-state index in [1.54, 1.807) is 0 Å². The lowest BCUT2D eigenvalue weighted by molar-refractivity contribution is -0.125. The second-order valence-corrected chi connectivity index (χ2v) is 4.70. The summed E-state index contributed by atoms with van der Waals surface area (Å²) >= 11 is 0. The molecule has 0 aromatic heterocycles. The van der Waals surface area contributed by atoms with Crippen LogP contribution in [0.5, 0.6) is 0 Å². The maximum absolute atomic E-state index is 11.8. The summed E-state index contributed by atoms with van der Waals surface area (Å²) in [6.45, 7) is 8.04. The Hall–Kier alpha value is -0.610. The average molecular weight is 227 g/mol. The van der Waals surface area contributed by atoms with Crippen LogP contribution in [0.3, 0.4) is 0 Å². The molecule has 0 aromatic rings. The van der Waals surface area contributed by atoms with E-state index in [0.29, 0.717) is 12.6 Å². The Labute approximate surface area is 98.6 Å². The van der Waals surface area contributed by atoms with Crippen LogP contribution < -0.4 is 11.1 Å². The van der Waals surface area contributed by atoms with Gasteiger partial charge >= 0.3 is 0 Å². The number of hydrogen-bond donors (Lipinski definition) is 2. The van der Waals surface area contributed by atoms with Gasteiger partial charge in [0, 0.05) is 25.0 Å². The molecule has 0 bridgehead atoms. The maximum atomic E-state index is 11.8. The summed E-state index contributed by atoms with van der Waals surface area (Å²) in [5.74, 6) is 0.217. The Balaban J connectivity index is 2.25. The zero-order valence-electron chi connectivity index (χ0n) is 10.5. The molecule has 1 atom stereocenters. The Morgan fingerprint density at radius 2 is 2.12 bits per heavy atom. The second-order valence-electron chi connectivity index (χ2n) is 4.70. The van der Waals surface area contributed by atoms with Crippen molar-refractivity contribution >= 4 is 5.91 Å². The van der Waals surface area contributed by atoms with Crippen molar-refractivity contribution < 1.29 is 4.79 Å². The van der Waals surface area contributed by atoms with Crippen molar-refractivity contribution in [3.05, 3.63) is 0 Å². The lowest BCUT2D eigenvalue weighted by Crippen LogP contribution is -2.46. The predicted octanol–water partition coefficient (Wildman–Crippen LogP) is 0.572. The number of likely N-dealkylation sites (tertiary alicyclic amines) is 1. The first-order chi connectivity index (χ1) is 7.67. The number of amides is 1. The summed E-state index contributed by atoms with van der Waals surface area (Å²) < 4.78 is 0. The van der Waals surface area contributed by atoms with Crippen molar-refractivity contribution in [2.45, 2.75) is 39.2 Å². The highest BCUT2D eigenvalue weighted by Gasteiger charge is 2.21. The molecule has 0 saturated carbocycles. The fourth-order valence-electron chi connectivity index (χ4n) is 2.12. The van der Waals surface area contributed by atoms with Gasteiger partial charge in [0.15, 0.2) is 0 Å². The molecule has 16 heavy (non-hydrogen) atoms. The van der Waals surface area contributed by atoms with Crippen LogP contribution in [-0.4, -0.2) is 43.0 Å². The molecule has 1 aliphatic rings. The van der Waals surface area contributed by atoms with Gasteiger partial charge in [0.1, 0.15) is 0 Å². The van der Waals surface area contributed by atoms with Crippen LogP contribution in [-0.2, 0) is 4.79 Å². The van der Waals surface area contributed by atoms with Crippen molar-refractivity contribution in [3.8, 4) is 0 Å². The number of nitrogens with zero attached hydrogens (tertiary/aromatic N) is 1. The molecular weight excluding hydrogens is 202 g/mol. The number of hydrogen-bond acceptors (Lipinski definition) is 3. The van der Waals surface area contributed by atoms with Gasteiger partial charge in [-0.05, 0) is 32.4 Å². The maximum Gasteiger partial charge on any atom is 0.223 e. The highest BCUT2D eigenvalue weighted by molar-refractivity contribution is 5.78. The first-order valence-electron chi connectivity index (χ1n) is 6.40. The van der Waals surface area contributed by atoms with E-state index in [-0.39, 0.29) is 11.8 Å². The monoisotopic (exact) mass is 227 g/mol. The molecule has 1 amide bonds. The molecule has 1 saturated heterocycles. The fraction of sp³-hybridized carbons (Fsp3) is 0.917. The quantitative estimate of drug-likeness (QED) is 0.722. The molecule has 94 valence electrons. The van der Waals surface area contributed by atoms with E-state index in [9.17, 15) is 4.79 Å². The van der Waals surface area contributed by atoms with Gasteiger partial charge in [-0.3, -0.25) is 4.79 Å². The van der Waals surface area contributed by atoms with Crippen molar-refractivity contribution in [2.24, 2.45) is 11.7 Å². The number of rotatable bonds is 5. The van der Waals surface area contributed by atoms with Crippen LogP contribution >= 0.6 is 0 Å². The third-order valence-electron chi connectivity index (χ3n) is 3.43. The van der Waals surface area contributed by atoms with Crippen molar-refractivity contribution in [3.63, 3.8) is 0 Å². The second kappa shape index (κ2) is 6.86. The number of carbonyl (C=O) groups excluding carboxylic acids is 1. The molecule has 1 unspecified atom stereocenters. The van der Waals surface area contributed by atoms with Crippen LogP contribution in [0.15, 0.2) is 0 Å². The number of nitrogens with two attached hydrogens (primary N) is 1. The van der Waals surface area contributed by atoms with Gasteiger partial charge in [-0.2, -0.15) is 0 Å². The van der Waals surface area contributed by atoms with Crippen LogP contribution in [0, 0.1) is 5.92 Å². The summed E-state index contributed by atoms with van der Waals surface area (Å²) in [7, 11) is 0. The molecule has 1 heterocycles. The molecule has 1 fully saturated rings. The normalized spacial score (nSPS) is 20.7. The minimum absolute atomic E-state index is 0.0502. The van der Waals surface area contributed by atoms with Gasteiger partial charge < -0.3 is 16.0 Å². The van der Waals surface area contributed by atoms with E-state index >= 15 is 0 Å². The summed E-state index contributed by atoms with van der Waals surface area (Å²) in [5.41, 5.74) is 5.45. The van der Waals surface area contributed by atoms with Gasteiger partial charge in [-0.25, -0.2) is 0 Å². The lowest BCUT2D eigenvalue weighted by atomic mass is 10.0. The van der Waals surface area contributed by atoms with Crippen LogP contribution in [0.25, 0.3) is 0 Å². The topological polar surface area (TPSA) is 58.4 Å². The average Bonchev–Trinajstić information content (AvgIpc) is 2.30. The third kappa shape index (κ3) is 4.10. The minimum Gasteiger partial charge on any atom is -0.353 e. The predicted molar refractivity (Wildman–Crippen MR) is 66.1 cm³/mol. The summed E-state index contributed by atoms with van der Waals surface area (Å²) in [6.07, 6.45) is 2.93. The molecule has 3 N–H and O–H groups in total. The van der Waals surface area contributed by atoms with Crippen molar-refractivity contribution in [2.75, 3.05) is 26.2 Å². The molecule has 1 rings (SSSR count). The molecule has 0 aliphatic carbocycles. The van der Waals surface area contributed by atoms with Gasteiger partial charge in [0.2, 0.25) is 5.91 Å². The molecule has 4 heteroatoms. The fourth-order valence-corrected chi connectivity index (χ4v) is 2.12. The summed E-state index contributed by atoms with van der Waals surface area (Å²) in [6, 6.07) is 0.371. The van der Waals surface area contributed by atoms with Crippen LogP contribution in [0.1, 0.15) is 33.1 Å². The SMILES string of the molecule is CCN1CCC(NC(=O)C(C)CCN)CC1. The standard InChI is InChI=1S/C12H25N3O/c1-3-15-8-5-11(6-9-15)14-12(16)10(2)4-7-13/h10-11H,3-9,13H2,1-2H3,(H,14,16). The third-order valence-corrected chi connectivity index (χ3v) is 3.43. The van der Waals surface area contributed by atoms with E-state index in [1.165, 1.54) is 0 Å². The molecular formula is C12H25N3O. The Bertz CT molecular complexity index is 212. The van der Waals surface area contributed by atoms with E-state index in [4.69, 9.17) is 5.73 Å². The minimum atomic E-state index is 0.0502. The van der Waals surface area contributed by atoms with Crippen LogP contribution in [0.2, 0.25) is 0 Å². The van der Waals surface area contributed by atoms with Gasteiger partial charge in [-0.1, -0.05) is 13.8 Å². The van der Waals surface area contributed by atoms with E-state index < -0.39 is 0 Å². The van der Waals surface area contributed by atoms with Gasteiger partial charge in [0.05, 0.1) is 0 Å². The highest BCUT2D eigenvalue weighted by Crippen LogP contribution is 2.11. The summed E-state index contributed by atoms with van der Waals surface area (Å²) in [5, 5.41) is 3.13. The number of piperidine rings is 1. The zero-order chi connectivity index (χ0) is 12.0. The van der Waals surface area contributed by atoms with Gasteiger partial charge in [-0.15, -0.1) is 0 Å². The smallest absolute Gasteiger partial charge is 0.223 e. The van der Waals surface area contributed by atoms with E-state index in [0.717, 1.165) is 38.9 Å². The lowest BCUT2D eigenvalue weighted by Gasteiger charge is -2.32. The molecule has 1 aliphatic heterocycles. The van der Waals surface area contributed by atoms with E-state index in [1.807, 2.05) is 6.92 Å². The number of carbonyl (C=O) groups is 1.